The molecule has 1 aliphatic carbocycles. The van der Waals surface area contributed by atoms with Crippen LogP contribution in [0, 0.1) is 17.6 Å². The van der Waals surface area contributed by atoms with Gasteiger partial charge < -0.3 is 16.0 Å². The number of nitrogens with two attached hydrogens (primary N) is 1. The van der Waals surface area contributed by atoms with Crippen molar-refractivity contribution in [1.29, 1.82) is 0 Å². The Kier molecular flexibility index (Phi) is 7.15. The van der Waals surface area contributed by atoms with E-state index >= 15 is 0 Å². The molecule has 5 rings (SSSR count). The first kappa shape index (κ1) is 23.4. The second-order valence-electron chi connectivity index (χ2n) is 8.47. The van der Waals surface area contributed by atoms with Crippen LogP contribution in [0.25, 0.3) is 21.8 Å². The summed E-state index contributed by atoms with van der Waals surface area (Å²) >= 11 is 0. The minimum atomic E-state index is -0.986. The van der Waals surface area contributed by atoms with Gasteiger partial charge in [-0.1, -0.05) is 37.5 Å². The zero-order chi connectivity index (χ0) is 24.1. The van der Waals surface area contributed by atoms with Gasteiger partial charge in [0.25, 0.3) is 11.5 Å². The lowest BCUT2D eigenvalue weighted by Crippen LogP contribution is -2.30. The molecule has 0 bridgehead atoms. The first-order chi connectivity index (χ1) is 16.4. The highest BCUT2D eigenvalue weighted by molar-refractivity contribution is 6.09. The predicted octanol–water partition coefficient (Wildman–Crippen LogP) is 4.93. The van der Waals surface area contributed by atoms with Crippen LogP contribution in [0.15, 0.2) is 59.5 Å². The van der Waals surface area contributed by atoms with Crippen LogP contribution in [0.1, 0.15) is 42.5 Å². The summed E-state index contributed by atoms with van der Waals surface area (Å²) in [6.07, 6.45) is 7.56. The van der Waals surface area contributed by atoms with Crippen LogP contribution in [0.2, 0.25) is 0 Å². The molecule has 0 atom stereocenters. The van der Waals surface area contributed by atoms with E-state index in [-0.39, 0.29) is 17.0 Å². The van der Waals surface area contributed by atoms with Crippen molar-refractivity contribution < 1.29 is 13.6 Å². The van der Waals surface area contributed by atoms with Crippen LogP contribution in [-0.2, 0) is 0 Å². The normalized spacial score (nSPS) is 13.9. The summed E-state index contributed by atoms with van der Waals surface area (Å²) in [6.45, 7) is 0.623. The predicted molar refractivity (Wildman–Crippen MR) is 130 cm³/mol. The van der Waals surface area contributed by atoms with E-state index in [1.54, 1.807) is 18.3 Å². The number of halogens is 2. The fraction of sp³-hybridized carbons (Fsp3) is 0.269. The van der Waals surface area contributed by atoms with Gasteiger partial charge in [0, 0.05) is 40.2 Å². The van der Waals surface area contributed by atoms with Crippen molar-refractivity contribution in [2.45, 2.75) is 32.1 Å². The minimum Gasteiger partial charge on any atom is -0.398 e. The third-order valence-electron chi connectivity index (χ3n) is 6.11. The monoisotopic (exact) mass is 464 g/mol. The van der Waals surface area contributed by atoms with Gasteiger partial charge in [-0.3, -0.25) is 9.59 Å². The number of nitrogens with one attached hydrogen (secondary N) is 2. The lowest BCUT2D eigenvalue weighted by molar-refractivity contribution is 0.0943. The Hall–Kier alpha value is -3.81. The Morgan fingerprint density at radius 2 is 1.76 bits per heavy atom. The third kappa shape index (κ3) is 5.22. The summed E-state index contributed by atoms with van der Waals surface area (Å²) in [6, 6.07) is 12.3. The van der Waals surface area contributed by atoms with Crippen LogP contribution < -0.4 is 16.6 Å². The van der Waals surface area contributed by atoms with Crippen molar-refractivity contribution in [3.8, 4) is 0 Å². The Morgan fingerprint density at radius 3 is 2.50 bits per heavy atom. The van der Waals surface area contributed by atoms with Gasteiger partial charge in [-0.25, -0.2) is 13.8 Å². The van der Waals surface area contributed by atoms with Crippen LogP contribution in [0.3, 0.4) is 0 Å². The Balaban J connectivity index is 0.000000162. The lowest BCUT2D eigenvalue weighted by Gasteiger charge is -2.21. The van der Waals surface area contributed by atoms with E-state index in [0.717, 1.165) is 35.7 Å². The molecule has 0 unspecified atom stereocenters. The fourth-order valence-electron chi connectivity index (χ4n) is 4.30. The minimum absolute atomic E-state index is 0.138. The molecule has 4 N–H and O–H groups in total. The number of aromatic amines is 1. The molecule has 8 heteroatoms. The van der Waals surface area contributed by atoms with E-state index in [0.29, 0.717) is 29.2 Å². The molecule has 34 heavy (non-hydrogen) atoms. The second-order valence-corrected chi connectivity index (χ2v) is 8.47. The largest absolute Gasteiger partial charge is 0.398 e. The van der Waals surface area contributed by atoms with Gasteiger partial charge in [0.05, 0.1) is 0 Å². The summed E-state index contributed by atoms with van der Waals surface area (Å²) < 4.78 is 25.7. The number of hydrogen-bond donors (Lipinski definition) is 3. The molecule has 1 fully saturated rings. The second kappa shape index (κ2) is 10.4. The smallest absolute Gasteiger partial charge is 0.257 e. The van der Waals surface area contributed by atoms with Crippen molar-refractivity contribution in [2.24, 2.45) is 5.92 Å². The SMILES string of the molecule is Nc1ccnc2[nH]c(=O)c3ccccc3c12.O=C(NCC1CCCCC1)c1ccc(F)c(F)c1. The number of aromatic nitrogens is 2. The number of fused-ring (bicyclic) bond motifs is 3. The number of nitrogens with zero attached hydrogens (tertiary/aromatic N) is 1. The van der Waals surface area contributed by atoms with Crippen molar-refractivity contribution >= 4 is 33.4 Å². The number of carbonyl (C=O) groups is 1. The molecule has 1 aliphatic rings. The first-order valence-electron chi connectivity index (χ1n) is 11.3. The van der Waals surface area contributed by atoms with Gasteiger partial charge in [-0.15, -0.1) is 0 Å². The summed E-state index contributed by atoms with van der Waals surface area (Å²) in [5, 5.41) is 5.06. The van der Waals surface area contributed by atoms with Gasteiger partial charge >= 0.3 is 0 Å². The zero-order valence-corrected chi connectivity index (χ0v) is 18.6. The van der Waals surface area contributed by atoms with E-state index in [4.69, 9.17) is 5.73 Å². The highest BCUT2D eigenvalue weighted by atomic mass is 19.2. The van der Waals surface area contributed by atoms with Gasteiger partial charge in [0.1, 0.15) is 5.65 Å². The van der Waals surface area contributed by atoms with Crippen LogP contribution >= 0.6 is 0 Å². The molecule has 0 saturated heterocycles. The topological polar surface area (TPSA) is 101 Å². The highest BCUT2D eigenvalue weighted by Gasteiger charge is 2.15. The standard InChI is InChI=1S/C14H17F2NO.C12H9N3O/c15-12-7-6-11(8-13(12)16)14(18)17-9-10-4-2-1-3-5-10;13-9-5-6-14-11-10(9)7-3-1-2-4-8(7)12(16)15-11/h6-8,10H,1-5,9H2,(H,17,18);1-6H,(H3,13,14,15,16). The number of hydrogen-bond acceptors (Lipinski definition) is 4. The van der Waals surface area contributed by atoms with Gasteiger partial charge in [-0.05, 0) is 49.1 Å². The van der Waals surface area contributed by atoms with E-state index in [9.17, 15) is 18.4 Å². The van der Waals surface area contributed by atoms with E-state index in [1.165, 1.54) is 25.3 Å². The number of H-pyrrole nitrogens is 1. The van der Waals surface area contributed by atoms with Gasteiger partial charge in [-0.2, -0.15) is 0 Å². The number of anilines is 1. The Bertz CT molecular complexity index is 1380. The molecule has 6 nitrogen and oxygen atoms in total. The number of carbonyl (C=O) groups excluding carboxylic acids is 1. The number of nitrogen functional groups attached to an aromatic ring is 1. The molecule has 0 spiro atoms. The molecule has 4 aromatic rings. The summed E-state index contributed by atoms with van der Waals surface area (Å²) in [7, 11) is 0. The maximum atomic E-state index is 13.0. The van der Waals surface area contributed by atoms with E-state index in [2.05, 4.69) is 15.3 Å². The van der Waals surface area contributed by atoms with Crippen molar-refractivity contribution in [3.63, 3.8) is 0 Å². The molecule has 2 heterocycles. The van der Waals surface area contributed by atoms with Crippen molar-refractivity contribution in [3.05, 3.63) is 82.3 Å². The summed E-state index contributed by atoms with van der Waals surface area (Å²) in [4.78, 5) is 30.4. The number of pyridine rings is 2. The summed E-state index contributed by atoms with van der Waals surface area (Å²) in [5.74, 6) is -1.73. The Morgan fingerprint density at radius 1 is 1.03 bits per heavy atom. The molecule has 0 radical (unpaired) electrons. The van der Waals surface area contributed by atoms with Crippen LogP contribution in [0.5, 0.6) is 0 Å². The van der Waals surface area contributed by atoms with Gasteiger partial charge in [0.2, 0.25) is 0 Å². The fourth-order valence-corrected chi connectivity index (χ4v) is 4.30. The van der Waals surface area contributed by atoms with E-state index < -0.39 is 11.6 Å². The van der Waals surface area contributed by atoms with Crippen LogP contribution in [0.4, 0.5) is 14.5 Å². The number of benzene rings is 2. The molecule has 0 aliphatic heterocycles. The number of rotatable bonds is 3. The first-order valence-corrected chi connectivity index (χ1v) is 11.3. The van der Waals surface area contributed by atoms with Crippen molar-refractivity contribution in [2.75, 3.05) is 12.3 Å². The van der Waals surface area contributed by atoms with Crippen LogP contribution in [-0.4, -0.2) is 22.4 Å². The Labute approximate surface area is 195 Å². The average Bonchev–Trinajstić information content (AvgIpc) is 2.85. The lowest BCUT2D eigenvalue weighted by atomic mass is 9.89. The molecule has 2 aromatic heterocycles. The molecule has 1 saturated carbocycles. The number of amides is 1. The maximum absolute atomic E-state index is 13.0. The molecule has 176 valence electrons. The maximum Gasteiger partial charge on any atom is 0.257 e. The van der Waals surface area contributed by atoms with E-state index in [1.807, 2.05) is 18.2 Å². The summed E-state index contributed by atoms with van der Waals surface area (Å²) in [5.41, 5.74) is 7.10. The van der Waals surface area contributed by atoms with Crippen molar-refractivity contribution in [1.82, 2.24) is 15.3 Å². The highest BCUT2D eigenvalue weighted by Crippen LogP contribution is 2.24. The molecular weight excluding hydrogens is 438 g/mol. The zero-order valence-electron chi connectivity index (χ0n) is 18.6. The average molecular weight is 465 g/mol. The van der Waals surface area contributed by atoms with Gasteiger partial charge in [0.15, 0.2) is 11.6 Å². The molecular formula is C26H26F2N4O2. The quantitative estimate of drug-likeness (QED) is 0.374. The third-order valence-corrected chi connectivity index (χ3v) is 6.11. The molecule has 1 amide bonds. The molecule has 2 aromatic carbocycles.